The van der Waals surface area contributed by atoms with Crippen LogP contribution in [-0.2, 0) is 19.6 Å². The molecule has 142 valence electrons. The molecular formula is C13H23F3N2O5S. The van der Waals surface area contributed by atoms with E-state index in [1.807, 2.05) is 0 Å². The molecule has 24 heavy (non-hydrogen) atoms. The van der Waals surface area contributed by atoms with Crippen LogP contribution in [0.2, 0.25) is 0 Å². The number of sulfonamides is 1. The van der Waals surface area contributed by atoms with Gasteiger partial charge in [-0.05, 0) is 32.7 Å². The molecule has 0 aromatic rings. The second kappa shape index (κ2) is 7.98. The van der Waals surface area contributed by atoms with Crippen LogP contribution < -0.4 is 4.72 Å². The second-order valence-electron chi connectivity index (χ2n) is 6.23. The van der Waals surface area contributed by atoms with E-state index in [-0.39, 0.29) is 11.7 Å². The molecule has 0 aliphatic carbocycles. The molecule has 2 saturated heterocycles. The molecule has 7 nitrogen and oxygen atoms in total. The van der Waals surface area contributed by atoms with E-state index < -0.39 is 22.2 Å². The minimum Gasteiger partial charge on any atom is -0.475 e. The van der Waals surface area contributed by atoms with Crippen molar-refractivity contribution in [3.8, 4) is 0 Å². The van der Waals surface area contributed by atoms with Gasteiger partial charge < -0.3 is 14.7 Å². The second-order valence-corrected chi connectivity index (χ2v) is 8.06. The Labute approximate surface area is 139 Å². The molecule has 2 rings (SSSR count). The molecule has 2 N–H and O–H groups in total. The molecule has 1 spiro atoms. The van der Waals surface area contributed by atoms with Gasteiger partial charge in [-0.15, -0.1) is 0 Å². The van der Waals surface area contributed by atoms with E-state index in [4.69, 9.17) is 14.6 Å². The van der Waals surface area contributed by atoms with Gasteiger partial charge in [0.25, 0.3) is 0 Å². The van der Waals surface area contributed by atoms with Crippen molar-refractivity contribution in [1.82, 2.24) is 9.62 Å². The van der Waals surface area contributed by atoms with Crippen molar-refractivity contribution in [1.29, 1.82) is 0 Å². The zero-order valence-electron chi connectivity index (χ0n) is 13.6. The number of hydrogen-bond donors (Lipinski definition) is 2. The van der Waals surface area contributed by atoms with Gasteiger partial charge in [0.2, 0.25) is 10.0 Å². The van der Waals surface area contributed by atoms with Crippen LogP contribution in [-0.4, -0.2) is 75.2 Å². The van der Waals surface area contributed by atoms with Crippen LogP contribution in [0.4, 0.5) is 13.2 Å². The van der Waals surface area contributed by atoms with Crippen LogP contribution in [0.3, 0.4) is 0 Å². The highest BCUT2D eigenvalue weighted by atomic mass is 32.2. The zero-order valence-corrected chi connectivity index (χ0v) is 14.4. The zero-order chi connectivity index (χ0) is 18.6. The molecule has 2 heterocycles. The fraction of sp³-hybridized carbons (Fsp3) is 0.923. The number of alkyl halides is 3. The summed E-state index contributed by atoms with van der Waals surface area (Å²) in [6.07, 6.45) is 0.392. The van der Waals surface area contributed by atoms with Crippen LogP contribution in [0.5, 0.6) is 0 Å². The van der Waals surface area contributed by atoms with Crippen molar-refractivity contribution < 1.29 is 36.2 Å². The molecule has 2 aliphatic rings. The number of halogens is 3. The standard InChI is InChI=1S/C11H22N2O3S.C2HF3O2/c1-13-7-6-11(9-13)5-3-4-10(16-11)8-12-17(2,14)15;3-2(4,5)1(6)7/h10,12H,3-9H2,1-2H3;(H,6,7)/t10-,11-;/m1./s1. The first-order valence-electron chi connectivity index (χ1n) is 7.44. The Morgan fingerprint density at radius 1 is 1.42 bits per heavy atom. The minimum atomic E-state index is -5.08. The fourth-order valence-electron chi connectivity index (χ4n) is 2.86. The largest absolute Gasteiger partial charge is 0.490 e. The van der Waals surface area contributed by atoms with Crippen LogP contribution >= 0.6 is 0 Å². The average molecular weight is 376 g/mol. The predicted octanol–water partition coefficient (Wildman–Crippen LogP) is 0.812. The van der Waals surface area contributed by atoms with E-state index in [9.17, 15) is 21.6 Å². The first-order chi connectivity index (χ1) is 10.8. The molecule has 2 atom stereocenters. The van der Waals surface area contributed by atoms with Crippen LogP contribution in [0.1, 0.15) is 25.7 Å². The van der Waals surface area contributed by atoms with Crippen molar-refractivity contribution in [3.63, 3.8) is 0 Å². The molecule has 0 aromatic heterocycles. The van der Waals surface area contributed by atoms with Gasteiger partial charge in [-0.3, -0.25) is 0 Å². The van der Waals surface area contributed by atoms with Crippen molar-refractivity contribution in [2.45, 2.75) is 43.6 Å². The minimum absolute atomic E-state index is 0.0170. The summed E-state index contributed by atoms with van der Waals surface area (Å²) in [6, 6.07) is 0. The summed E-state index contributed by atoms with van der Waals surface area (Å²) >= 11 is 0. The van der Waals surface area contributed by atoms with Crippen molar-refractivity contribution in [3.05, 3.63) is 0 Å². The Kier molecular flexibility index (Phi) is 7.03. The lowest BCUT2D eigenvalue weighted by molar-refractivity contribution is -0.192. The van der Waals surface area contributed by atoms with E-state index in [0.29, 0.717) is 6.54 Å². The maximum atomic E-state index is 11.1. The number of aliphatic carboxylic acids is 1. The maximum absolute atomic E-state index is 11.1. The van der Waals surface area contributed by atoms with Crippen LogP contribution in [0.15, 0.2) is 0 Å². The third-order valence-corrected chi connectivity index (χ3v) is 4.59. The Morgan fingerprint density at radius 3 is 2.42 bits per heavy atom. The van der Waals surface area contributed by atoms with Crippen molar-refractivity contribution in [2.75, 3.05) is 32.9 Å². The predicted molar refractivity (Wildman–Crippen MR) is 80.1 cm³/mol. The number of likely N-dealkylation sites (N-methyl/N-ethyl adjacent to an activating group) is 1. The summed E-state index contributed by atoms with van der Waals surface area (Å²) < 4.78 is 62.5. The average Bonchev–Trinajstić information content (AvgIpc) is 2.76. The Hall–Kier alpha value is -0.910. The number of likely N-dealkylation sites (tertiary alicyclic amines) is 1. The number of nitrogens with one attached hydrogen (secondary N) is 1. The van der Waals surface area contributed by atoms with E-state index in [2.05, 4.69) is 16.7 Å². The van der Waals surface area contributed by atoms with Crippen molar-refractivity contribution in [2.24, 2.45) is 0 Å². The fourth-order valence-corrected chi connectivity index (χ4v) is 3.34. The number of ether oxygens (including phenoxy) is 1. The first kappa shape index (κ1) is 21.1. The lowest BCUT2D eigenvalue weighted by Gasteiger charge is -2.38. The Morgan fingerprint density at radius 2 is 2.00 bits per heavy atom. The third-order valence-electron chi connectivity index (χ3n) is 3.90. The van der Waals surface area contributed by atoms with E-state index in [1.165, 1.54) is 6.26 Å². The lowest BCUT2D eigenvalue weighted by Crippen LogP contribution is -2.46. The summed E-state index contributed by atoms with van der Waals surface area (Å²) in [4.78, 5) is 11.2. The molecule has 2 aliphatic heterocycles. The van der Waals surface area contributed by atoms with Crippen LogP contribution in [0.25, 0.3) is 0 Å². The van der Waals surface area contributed by atoms with Crippen molar-refractivity contribution >= 4 is 16.0 Å². The highest BCUT2D eigenvalue weighted by Crippen LogP contribution is 2.35. The van der Waals surface area contributed by atoms with Gasteiger partial charge in [-0.25, -0.2) is 17.9 Å². The summed E-state index contributed by atoms with van der Waals surface area (Å²) in [5, 5.41) is 7.12. The number of carboxylic acids is 1. The number of rotatable bonds is 3. The number of carbonyl (C=O) groups is 1. The molecule has 11 heteroatoms. The third kappa shape index (κ3) is 7.32. The van der Waals surface area contributed by atoms with Gasteiger partial charge in [0, 0.05) is 19.6 Å². The molecule has 2 fully saturated rings. The SMILES string of the molecule is CN1CC[C@]2(CCC[C@H](CNS(C)(=O)=O)O2)C1.O=C(O)C(F)(F)F. The van der Waals surface area contributed by atoms with E-state index in [0.717, 1.165) is 38.8 Å². The Balaban J connectivity index is 0.000000351. The van der Waals surface area contributed by atoms with Gasteiger partial charge in [-0.1, -0.05) is 0 Å². The molecule has 0 aromatic carbocycles. The monoisotopic (exact) mass is 376 g/mol. The van der Waals surface area contributed by atoms with E-state index in [1.54, 1.807) is 0 Å². The number of nitrogens with zero attached hydrogens (tertiary/aromatic N) is 1. The summed E-state index contributed by atoms with van der Waals surface area (Å²) in [5.41, 5.74) is -0.0170. The van der Waals surface area contributed by atoms with Gasteiger partial charge in [-0.2, -0.15) is 13.2 Å². The van der Waals surface area contributed by atoms with Gasteiger partial charge in [0.1, 0.15) is 0 Å². The summed E-state index contributed by atoms with van der Waals surface area (Å²) in [7, 11) is -1.00. The molecular weight excluding hydrogens is 353 g/mol. The lowest BCUT2D eigenvalue weighted by atomic mass is 9.90. The topological polar surface area (TPSA) is 95.9 Å². The highest BCUT2D eigenvalue weighted by molar-refractivity contribution is 7.88. The van der Waals surface area contributed by atoms with E-state index >= 15 is 0 Å². The highest BCUT2D eigenvalue weighted by Gasteiger charge is 2.41. The Bertz CT molecular complexity index is 536. The number of hydrogen-bond acceptors (Lipinski definition) is 5. The molecule has 0 unspecified atom stereocenters. The quantitative estimate of drug-likeness (QED) is 0.757. The van der Waals surface area contributed by atoms with Gasteiger partial charge >= 0.3 is 12.1 Å². The summed E-state index contributed by atoms with van der Waals surface area (Å²) in [5.74, 6) is -2.76. The smallest absolute Gasteiger partial charge is 0.475 e. The molecule has 0 amide bonds. The first-order valence-corrected chi connectivity index (χ1v) is 9.33. The van der Waals surface area contributed by atoms with Crippen LogP contribution in [0, 0.1) is 0 Å². The molecule has 0 radical (unpaired) electrons. The molecule has 0 bridgehead atoms. The summed E-state index contributed by atoms with van der Waals surface area (Å²) in [6.45, 7) is 2.46. The normalized spacial score (nSPS) is 28.5. The maximum Gasteiger partial charge on any atom is 0.490 e. The van der Waals surface area contributed by atoms with Gasteiger partial charge in [0.15, 0.2) is 0 Å². The van der Waals surface area contributed by atoms with Gasteiger partial charge in [0.05, 0.1) is 18.0 Å². The molecule has 0 saturated carbocycles. The number of carboxylic acid groups (broad SMARTS) is 1.